The van der Waals surface area contributed by atoms with E-state index in [2.05, 4.69) is 20.9 Å². The van der Waals surface area contributed by atoms with Crippen LogP contribution in [0.1, 0.15) is 23.5 Å². The normalized spacial score (nSPS) is 17.6. The van der Waals surface area contributed by atoms with Gasteiger partial charge in [0.1, 0.15) is 5.75 Å². The van der Waals surface area contributed by atoms with E-state index in [9.17, 15) is 8.42 Å². The molecule has 1 heterocycles. The maximum absolute atomic E-state index is 12.1. The van der Waals surface area contributed by atoms with Crippen molar-refractivity contribution >= 4 is 31.5 Å². The van der Waals surface area contributed by atoms with Gasteiger partial charge in [-0.2, -0.15) is 0 Å². The Hall–Kier alpha value is -1.92. The molecule has 0 fully saturated rings. The first kappa shape index (κ1) is 17.9. The second-order valence-electron chi connectivity index (χ2n) is 5.90. The molecule has 130 valence electrons. The number of hydrogen-bond donors (Lipinski definition) is 0. The Balaban J connectivity index is 2.09. The first-order valence-electron chi connectivity index (χ1n) is 7.77. The number of halogens is 1. The molecule has 0 aliphatic carbocycles. The summed E-state index contributed by atoms with van der Waals surface area (Å²) in [5.74, 6) is 0.630. The molecular formula is C19H18BrNO3S. The van der Waals surface area contributed by atoms with Crippen LogP contribution in [0.2, 0.25) is 0 Å². The Labute approximate surface area is 156 Å². The molecule has 0 saturated heterocycles. The monoisotopic (exact) mass is 419 g/mol. The predicted octanol–water partition coefficient (Wildman–Crippen LogP) is 4.32. The van der Waals surface area contributed by atoms with Crippen LogP contribution in [-0.2, 0) is 9.84 Å². The third kappa shape index (κ3) is 4.02. The van der Waals surface area contributed by atoms with E-state index in [1.165, 1.54) is 6.26 Å². The van der Waals surface area contributed by atoms with Crippen molar-refractivity contribution in [3.05, 3.63) is 75.2 Å². The van der Waals surface area contributed by atoms with E-state index in [-0.39, 0.29) is 10.9 Å². The van der Waals surface area contributed by atoms with Crippen molar-refractivity contribution < 1.29 is 13.2 Å². The Kier molecular flexibility index (Phi) is 5.11. The van der Waals surface area contributed by atoms with Crippen LogP contribution in [0.5, 0.6) is 5.75 Å². The van der Waals surface area contributed by atoms with E-state index >= 15 is 0 Å². The first-order chi connectivity index (χ1) is 11.9. The highest BCUT2D eigenvalue weighted by molar-refractivity contribution is 9.10. The zero-order valence-corrected chi connectivity index (χ0v) is 16.3. The van der Waals surface area contributed by atoms with Crippen molar-refractivity contribution in [2.24, 2.45) is 4.99 Å². The SMILES string of the molecule is COc1ccccc1C1C=C(S(C)(=O)=O)N=C(c2ccc(Br)cc2)C1. The number of nitrogens with zero attached hydrogens (tertiary/aromatic N) is 1. The van der Waals surface area contributed by atoms with Gasteiger partial charge in [-0.25, -0.2) is 13.4 Å². The molecule has 1 atom stereocenters. The standard InChI is InChI=1S/C19H18BrNO3S/c1-24-18-6-4-3-5-16(18)14-11-17(13-7-9-15(20)10-8-13)21-19(12-14)25(2,22)23/h3-10,12,14H,11H2,1-2H3. The Morgan fingerprint density at radius 3 is 2.44 bits per heavy atom. The predicted molar refractivity (Wildman–Crippen MR) is 104 cm³/mol. The Morgan fingerprint density at radius 1 is 1.12 bits per heavy atom. The largest absolute Gasteiger partial charge is 0.496 e. The fourth-order valence-corrected chi connectivity index (χ4v) is 3.81. The van der Waals surface area contributed by atoms with Crippen LogP contribution >= 0.6 is 15.9 Å². The number of sulfone groups is 1. The molecule has 0 spiro atoms. The minimum absolute atomic E-state index is 0.104. The van der Waals surface area contributed by atoms with Crippen LogP contribution in [0.4, 0.5) is 0 Å². The number of ether oxygens (including phenoxy) is 1. The fraction of sp³-hybridized carbons (Fsp3) is 0.211. The molecule has 2 aromatic rings. The topological polar surface area (TPSA) is 55.7 Å². The number of benzene rings is 2. The first-order valence-corrected chi connectivity index (χ1v) is 10.4. The van der Waals surface area contributed by atoms with Crippen LogP contribution < -0.4 is 4.74 Å². The third-order valence-corrected chi connectivity index (χ3v) is 5.61. The van der Waals surface area contributed by atoms with E-state index in [0.29, 0.717) is 6.42 Å². The van der Waals surface area contributed by atoms with Gasteiger partial charge in [0.05, 0.1) is 12.8 Å². The quantitative estimate of drug-likeness (QED) is 0.741. The number of hydrogen-bond acceptors (Lipinski definition) is 4. The summed E-state index contributed by atoms with van der Waals surface area (Å²) in [5.41, 5.74) is 2.62. The lowest BCUT2D eigenvalue weighted by atomic mass is 9.89. The number of methoxy groups -OCH3 is 1. The molecule has 1 aliphatic heterocycles. The average Bonchev–Trinajstić information content (AvgIpc) is 2.61. The smallest absolute Gasteiger partial charge is 0.192 e. The molecule has 0 amide bonds. The lowest BCUT2D eigenvalue weighted by molar-refractivity contribution is 0.408. The minimum atomic E-state index is -3.41. The van der Waals surface area contributed by atoms with Crippen LogP contribution in [0.15, 0.2) is 69.1 Å². The van der Waals surface area contributed by atoms with Crippen LogP contribution in [0, 0.1) is 0 Å². The summed E-state index contributed by atoms with van der Waals surface area (Å²) in [7, 11) is -1.79. The van der Waals surface area contributed by atoms with Gasteiger partial charge in [-0.3, -0.25) is 0 Å². The van der Waals surface area contributed by atoms with Crippen LogP contribution in [-0.4, -0.2) is 27.5 Å². The van der Waals surface area contributed by atoms with Gasteiger partial charge in [0.2, 0.25) is 0 Å². The zero-order chi connectivity index (χ0) is 18.0. The molecule has 4 nitrogen and oxygen atoms in total. The summed E-state index contributed by atoms with van der Waals surface area (Å²) in [4.78, 5) is 4.42. The van der Waals surface area contributed by atoms with Gasteiger partial charge >= 0.3 is 0 Å². The molecule has 0 bridgehead atoms. The van der Waals surface area contributed by atoms with Crippen molar-refractivity contribution in [1.82, 2.24) is 0 Å². The van der Waals surface area contributed by atoms with Gasteiger partial charge in [-0.15, -0.1) is 0 Å². The fourth-order valence-electron chi connectivity index (χ4n) is 2.86. The second kappa shape index (κ2) is 7.14. The maximum Gasteiger partial charge on any atom is 0.192 e. The van der Waals surface area contributed by atoms with Crippen molar-refractivity contribution in [3.8, 4) is 5.75 Å². The third-order valence-electron chi connectivity index (χ3n) is 4.10. The molecule has 25 heavy (non-hydrogen) atoms. The second-order valence-corrected chi connectivity index (χ2v) is 8.77. The van der Waals surface area contributed by atoms with Gasteiger partial charge in [-0.1, -0.05) is 46.3 Å². The molecule has 2 aromatic carbocycles. The van der Waals surface area contributed by atoms with Crippen molar-refractivity contribution in [2.45, 2.75) is 12.3 Å². The van der Waals surface area contributed by atoms with E-state index in [0.717, 1.165) is 27.1 Å². The number of allylic oxidation sites excluding steroid dienone is 1. The number of aliphatic imine (C=N–C) groups is 1. The highest BCUT2D eigenvalue weighted by Gasteiger charge is 2.25. The summed E-state index contributed by atoms with van der Waals surface area (Å²) < 4.78 is 30.7. The molecule has 1 aliphatic rings. The molecule has 3 rings (SSSR count). The van der Waals surface area contributed by atoms with Crippen LogP contribution in [0.3, 0.4) is 0 Å². The van der Waals surface area contributed by atoms with Gasteiger partial charge in [0, 0.05) is 28.6 Å². The molecule has 0 radical (unpaired) electrons. The van der Waals surface area contributed by atoms with E-state index in [4.69, 9.17) is 4.74 Å². The van der Waals surface area contributed by atoms with Gasteiger partial charge < -0.3 is 4.74 Å². The molecule has 0 saturated carbocycles. The van der Waals surface area contributed by atoms with Crippen molar-refractivity contribution in [1.29, 1.82) is 0 Å². The van der Waals surface area contributed by atoms with Gasteiger partial charge in [0.15, 0.2) is 14.9 Å². The lowest BCUT2D eigenvalue weighted by Gasteiger charge is -2.22. The minimum Gasteiger partial charge on any atom is -0.496 e. The highest BCUT2D eigenvalue weighted by Crippen LogP contribution is 2.35. The Morgan fingerprint density at radius 2 is 1.80 bits per heavy atom. The van der Waals surface area contributed by atoms with Gasteiger partial charge in [0.25, 0.3) is 0 Å². The van der Waals surface area contributed by atoms with E-state index in [1.807, 2.05) is 48.5 Å². The number of rotatable bonds is 4. The zero-order valence-electron chi connectivity index (χ0n) is 13.9. The van der Waals surface area contributed by atoms with Crippen molar-refractivity contribution in [2.75, 3.05) is 13.4 Å². The molecule has 1 unspecified atom stereocenters. The Bertz CT molecular complexity index is 947. The average molecular weight is 420 g/mol. The lowest BCUT2D eigenvalue weighted by Crippen LogP contribution is -2.16. The van der Waals surface area contributed by atoms with E-state index in [1.54, 1.807) is 13.2 Å². The maximum atomic E-state index is 12.1. The van der Waals surface area contributed by atoms with Crippen molar-refractivity contribution in [3.63, 3.8) is 0 Å². The highest BCUT2D eigenvalue weighted by atomic mass is 79.9. The molecular weight excluding hydrogens is 402 g/mol. The van der Waals surface area contributed by atoms with Gasteiger partial charge in [-0.05, 0) is 29.8 Å². The molecule has 6 heteroatoms. The molecule has 0 N–H and O–H groups in total. The van der Waals surface area contributed by atoms with Crippen LogP contribution in [0.25, 0.3) is 0 Å². The molecule has 0 aromatic heterocycles. The summed E-state index contributed by atoms with van der Waals surface area (Å²) in [5, 5.41) is 0.104. The number of para-hydroxylation sites is 1. The van der Waals surface area contributed by atoms with E-state index < -0.39 is 9.84 Å². The summed E-state index contributed by atoms with van der Waals surface area (Å²) in [6, 6.07) is 15.4. The summed E-state index contributed by atoms with van der Waals surface area (Å²) in [6.07, 6.45) is 3.52. The summed E-state index contributed by atoms with van der Waals surface area (Å²) >= 11 is 3.42. The summed E-state index contributed by atoms with van der Waals surface area (Å²) in [6.45, 7) is 0.